The molecule has 3 aromatic rings. The number of carbonyl (C=O) groups is 1. The van der Waals surface area contributed by atoms with E-state index >= 15 is 0 Å². The van der Waals surface area contributed by atoms with Crippen molar-refractivity contribution in [2.45, 2.75) is 26.4 Å². The predicted octanol–water partition coefficient (Wildman–Crippen LogP) is 3.59. The van der Waals surface area contributed by atoms with E-state index in [-0.39, 0.29) is 11.9 Å². The lowest BCUT2D eigenvalue weighted by Crippen LogP contribution is -2.54. The first-order valence-electron chi connectivity index (χ1n) is 9.79. The summed E-state index contributed by atoms with van der Waals surface area (Å²) in [6.07, 6.45) is 3.70. The lowest BCUT2D eigenvalue weighted by atomic mass is 10.1. The van der Waals surface area contributed by atoms with Crippen LogP contribution in [0.2, 0.25) is 0 Å². The van der Waals surface area contributed by atoms with Crippen LogP contribution in [0.4, 0.5) is 5.69 Å². The minimum Gasteiger partial charge on any atom is -0.368 e. The van der Waals surface area contributed by atoms with Gasteiger partial charge in [-0.3, -0.25) is 9.48 Å². The largest absolute Gasteiger partial charge is 0.368 e. The van der Waals surface area contributed by atoms with Crippen molar-refractivity contribution >= 4 is 11.6 Å². The smallest absolute Gasteiger partial charge is 0.254 e. The van der Waals surface area contributed by atoms with Crippen LogP contribution in [0.1, 0.15) is 28.4 Å². The summed E-state index contributed by atoms with van der Waals surface area (Å²) in [5.74, 6) is 0.110. The van der Waals surface area contributed by atoms with Gasteiger partial charge in [-0.2, -0.15) is 5.10 Å². The van der Waals surface area contributed by atoms with E-state index in [2.05, 4.69) is 48.1 Å². The van der Waals surface area contributed by atoms with Crippen molar-refractivity contribution in [1.82, 2.24) is 14.7 Å². The van der Waals surface area contributed by atoms with Gasteiger partial charge in [-0.25, -0.2) is 0 Å². The number of carbonyl (C=O) groups excluding carboxylic acids is 1. The molecule has 0 radical (unpaired) electrons. The standard InChI is InChI=1S/C23H26N4O/c1-18-7-9-22(10-8-18)25-13-14-27(19(2)16-25)23(28)21-6-3-5-20(15-21)17-26-12-4-11-24-26/h3-12,15,19H,13-14,16-17H2,1-2H3/t19-/m1/s1. The highest BCUT2D eigenvalue weighted by atomic mass is 16.2. The van der Waals surface area contributed by atoms with Crippen molar-refractivity contribution in [3.8, 4) is 0 Å². The van der Waals surface area contributed by atoms with Crippen molar-refractivity contribution in [2.75, 3.05) is 24.5 Å². The van der Waals surface area contributed by atoms with Gasteiger partial charge in [0.2, 0.25) is 0 Å². The summed E-state index contributed by atoms with van der Waals surface area (Å²) in [5.41, 5.74) is 4.33. The lowest BCUT2D eigenvalue weighted by molar-refractivity contribution is 0.0674. The van der Waals surface area contributed by atoms with Gasteiger partial charge in [0.1, 0.15) is 0 Å². The topological polar surface area (TPSA) is 41.4 Å². The summed E-state index contributed by atoms with van der Waals surface area (Å²) in [6, 6.07) is 18.6. The van der Waals surface area contributed by atoms with Crippen LogP contribution >= 0.6 is 0 Å². The number of hydrogen-bond acceptors (Lipinski definition) is 3. The summed E-state index contributed by atoms with van der Waals surface area (Å²) in [7, 11) is 0. The second-order valence-electron chi connectivity index (χ2n) is 7.53. The third kappa shape index (κ3) is 3.93. The van der Waals surface area contributed by atoms with Gasteiger partial charge in [0, 0.05) is 49.3 Å². The summed E-state index contributed by atoms with van der Waals surface area (Å²) >= 11 is 0. The number of anilines is 1. The zero-order chi connectivity index (χ0) is 19.5. The maximum absolute atomic E-state index is 13.1. The molecule has 0 spiro atoms. The number of aryl methyl sites for hydroxylation is 1. The monoisotopic (exact) mass is 374 g/mol. The highest BCUT2D eigenvalue weighted by molar-refractivity contribution is 5.94. The fourth-order valence-corrected chi connectivity index (χ4v) is 3.80. The molecule has 1 aliphatic rings. The third-order valence-corrected chi connectivity index (χ3v) is 5.37. The maximum Gasteiger partial charge on any atom is 0.254 e. The Labute approximate surface area is 166 Å². The van der Waals surface area contributed by atoms with Crippen LogP contribution in [0, 0.1) is 6.92 Å². The molecule has 1 fully saturated rings. The quantitative estimate of drug-likeness (QED) is 0.701. The van der Waals surface area contributed by atoms with Crippen molar-refractivity contribution in [3.63, 3.8) is 0 Å². The van der Waals surface area contributed by atoms with Crippen molar-refractivity contribution in [3.05, 3.63) is 83.7 Å². The van der Waals surface area contributed by atoms with E-state index < -0.39 is 0 Å². The molecule has 4 rings (SSSR count). The normalized spacial score (nSPS) is 17.0. The lowest BCUT2D eigenvalue weighted by Gasteiger charge is -2.41. The first kappa shape index (κ1) is 18.3. The second kappa shape index (κ2) is 7.89. The minimum absolute atomic E-state index is 0.110. The van der Waals surface area contributed by atoms with Crippen LogP contribution < -0.4 is 4.90 Å². The van der Waals surface area contributed by atoms with E-state index in [9.17, 15) is 4.79 Å². The van der Waals surface area contributed by atoms with E-state index in [1.165, 1.54) is 11.3 Å². The third-order valence-electron chi connectivity index (χ3n) is 5.37. The minimum atomic E-state index is 0.110. The Kier molecular flexibility index (Phi) is 5.15. The first-order valence-corrected chi connectivity index (χ1v) is 9.79. The molecule has 144 valence electrons. The SMILES string of the molecule is Cc1ccc(N2CCN(C(=O)c3cccc(Cn4cccn4)c3)[C@H](C)C2)cc1. The number of aromatic nitrogens is 2. The van der Waals surface area contributed by atoms with Crippen LogP contribution in [0.15, 0.2) is 67.0 Å². The second-order valence-corrected chi connectivity index (χ2v) is 7.53. The number of amides is 1. The van der Waals surface area contributed by atoms with E-state index in [0.717, 1.165) is 30.8 Å². The van der Waals surface area contributed by atoms with Gasteiger partial charge in [0.05, 0.1) is 6.54 Å². The molecule has 28 heavy (non-hydrogen) atoms. The number of hydrogen-bond donors (Lipinski definition) is 0. The number of rotatable bonds is 4. The Balaban J connectivity index is 1.44. The van der Waals surface area contributed by atoms with Crippen molar-refractivity contribution < 1.29 is 4.79 Å². The van der Waals surface area contributed by atoms with Gasteiger partial charge in [0.15, 0.2) is 0 Å². The zero-order valence-electron chi connectivity index (χ0n) is 16.5. The molecule has 1 saturated heterocycles. The first-order chi connectivity index (χ1) is 13.6. The predicted molar refractivity (Wildman–Crippen MR) is 112 cm³/mol. The highest BCUT2D eigenvalue weighted by Gasteiger charge is 2.28. The van der Waals surface area contributed by atoms with Crippen LogP contribution in [-0.2, 0) is 6.54 Å². The fraction of sp³-hybridized carbons (Fsp3) is 0.304. The zero-order valence-corrected chi connectivity index (χ0v) is 16.5. The van der Waals surface area contributed by atoms with Crippen LogP contribution in [0.3, 0.4) is 0 Å². The Morgan fingerprint density at radius 3 is 2.64 bits per heavy atom. The van der Waals surface area contributed by atoms with Crippen molar-refractivity contribution in [1.29, 1.82) is 0 Å². The van der Waals surface area contributed by atoms with Gasteiger partial charge in [-0.05, 0) is 49.7 Å². The molecule has 0 N–H and O–H groups in total. The molecule has 0 aliphatic carbocycles. The average Bonchev–Trinajstić information content (AvgIpc) is 3.21. The van der Waals surface area contributed by atoms with Gasteiger partial charge in [-0.1, -0.05) is 29.8 Å². The van der Waals surface area contributed by atoms with Gasteiger partial charge < -0.3 is 9.80 Å². The molecule has 5 heteroatoms. The Morgan fingerprint density at radius 2 is 1.93 bits per heavy atom. The summed E-state index contributed by atoms with van der Waals surface area (Å²) in [4.78, 5) is 17.5. The average molecular weight is 374 g/mol. The van der Waals surface area contributed by atoms with Gasteiger partial charge >= 0.3 is 0 Å². The molecule has 2 heterocycles. The van der Waals surface area contributed by atoms with E-state index in [1.807, 2.05) is 46.1 Å². The Hall–Kier alpha value is -3.08. The molecule has 1 aliphatic heterocycles. The molecular formula is C23H26N4O. The molecular weight excluding hydrogens is 348 g/mol. The van der Waals surface area contributed by atoms with E-state index in [0.29, 0.717) is 6.54 Å². The molecule has 0 bridgehead atoms. The Bertz CT molecular complexity index is 934. The van der Waals surface area contributed by atoms with Gasteiger partial charge in [-0.15, -0.1) is 0 Å². The molecule has 1 aromatic heterocycles. The van der Waals surface area contributed by atoms with Crippen LogP contribution in [0.5, 0.6) is 0 Å². The summed E-state index contributed by atoms with van der Waals surface area (Å²) in [6.45, 7) is 7.34. The number of benzene rings is 2. The Morgan fingerprint density at radius 1 is 1.11 bits per heavy atom. The highest BCUT2D eigenvalue weighted by Crippen LogP contribution is 2.21. The summed E-state index contributed by atoms with van der Waals surface area (Å²) in [5, 5.41) is 4.25. The van der Waals surface area contributed by atoms with Crippen LogP contribution in [-0.4, -0.2) is 46.3 Å². The number of nitrogens with zero attached hydrogens (tertiary/aromatic N) is 4. The number of piperazine rings is 1. The molecule has 1 atom stereocenters. The molecule has 0 unspecified atom stereocenters. The fourth-order valence-electron chi connectivity index (χ4n) is 3.80. The van der Waals surface area contributed by atoms with Gasteiger partial charge in [0.25, 0.3) is 5.91 Å². The van der Waals surface area contributed by atoms with E-state index in [4.69, 9.17) is 0 Å². The van der Waals surface area contributed by atoms with Crippen LogP contribution in [0.25, 0.3) is 0 Å². The molecule has 2 aromatic carbocycles. The van der Waals surface area contributed by atoms with E-state index in [1.54, 1.807) is 6.20 Å². The summed E-state index contributed by atoms with van der Waals surface area (Å²) < 4.78 is 1.87. The molecule has 0 saturated carbocycles. The molecule has 1 amide bonds. The molecule has 5 nitrogen and oxygen atoms in total. The van der Waals surface area contributed by atoms with Crippen molar-refractivity contribution in [2.24, 2.45) is 0 Å². The maximum atomic E-state index is 13.1.